The van der Waals surface area contributed by atoms with Gasteiger partial charge < -0.3 is 41.1 Å². The van der Waals surface area contributed by atoms with Gasteiger partial charge in [-0.05, 0) is 105 Å². The lowest BCUT2D eigenvalue weighted by atomic mass is 9.80. The number of hydrogen-bond donors (Lipinski definition) is 10. The molecule has 6 rings (SSSR count). The van der Waals surface area contributed by atoms with Crippen molar-refractivity contribution in [1.29, 1.82) is 0 Å². The van der Waals surface area contributed by atoms with Gasteiger partial charge in [0.1, 0.15) is 0 Å². The number of carboxylic acids is 2. The molecule has 0 radical (unpaired) electrons. The fourth-order valence-corrected chi connectivity index (χ4v) is 7.52. The van der Waals surface area contributed by atoms with Crippen molar-refractivity contribution in [2.45, 2.75) is 51.6 Å². The molecule has 0 aliphatic carbocycles. The minimum Gasteiger partial charge on any atom is -0.481 e. The van der Waals surface area contributed by atoms with Crippen LogP contribution >= 0.6 is 62.3 Å². The molecule has 0 aliphatic heterocycles. The van der Waals surface area contributed by atoms with Crippen LogP contribution in [0.3, 0.4) is 0 Å². The minimum atomic E-state index is -1.57. The second-order valence-corrected chi connectivity index (χ2v) is 18.5. The maximum atomic E-state index is 12.5. The van der Waals surface area contributed by atoms with Gasteiger partial charge in [-0.2, -0.15) is 30.8 Å². The van der Waals surface area contributed by atoms with Crippen LogP contribution < -0.4 is 16.1 Å². The van der Waals surface area contributed by atoms with Crippen LogP contribution in [-0.2, 0) is 22.4 Å². The molecule has 4 aromatic carbocycles. The standard InChI is InChI=1S/C22H22Cl2N4O4.C16H19BrN4O4.C6H5BCl2O2/c1-22(12-29,21(31)32)10-16(26-20(30)19-11-25-28-27-19)8-13-2-4-14(5-3-13)17-9-15(23)6-7-18(17)24;1-16(9-22,15(24)25)7-12(6-10-2-4-11(17)5-3-10)19-14(23)13-8-18-21-20-13;8-4-1-2-6(9)5(3-4)7(10)11/h2-7,9,11,16,29H,8,10,12H2,1H3,(H,26,30)(H,31,32)(H,25,27,28);2-5,8,12,22H,6-7,9H2,1H3,(H,19,23)(H,24,25)(H,18,20,21);1-3,10-11H/t16-,22+;12-,16+;/m11./s1. The van der Waals surface area contributed by atoms with Crippen molar-refractivity contribution >= 4 is 98.7 Å². The molecule has 2 heterocycles. The summed E-state index contributed by atoms with van der Waals surface area (Å²) >= 11 is 26.9. The van der Waals surface area contributed by atoms with Crippen molar-refractivity contribution in [2.24, 2.45) is 10.8 Å². The SMILES string of the molecule is C[C@@](CO)(C[C@@H](Cc1ccc(-c2cc(Cl)ccc2Cl)cc1)NC(=O)c1cn[nH]n1)C(=O)O.C[C@@](CO)(C[C@@H](Cc1ccc(Br)cc1)NC(=O)c1cn[nH]n1)C(=O)O.OB(O)c1cc(Cl)ccc1Cl. The van der Waals surface area contributed by atoms with Crippen molar-refractivity contribution < 1.29 is 49.7 Å². The predicted molar refractivity (Wildman–Crippen MR) is 260 cm³/mol. The third-order valence-corrected chi connectivity index (χ3v) is 12.1. The van der Waals surface area contributed by atoms with Crippen LogP contribution in [0.1, 0.15) is 58.8 Å². The Bertz CT molecular complexity index is 2600. The summed E-state index contributed by atoms with van der Waals surface area (Å²) in [6, 6.07) is 23.7. The van der Waals surface area contributed by atoms with Crippen LogP contribution in [0.5, 0.6) is 0 Å². The van der Waals surface area contributed by atoms with E-state index in [9.17, 15) is 39.6 Å². The molecule has 18 nitrogen and oxygen atoms in total. The van der Waals surface area contributed by atoms with Gasteiger partial charge in [-0.25, -0.2) is 0 Å². The zero-order chi connectivity index (χ0) is 50.2. The summed E-state index contributed by atoms with van der Waals surface area (Å²) in [5.41, 5.74) is 1.09. The quantitative estimate of drug-likeness (QED) is 0.0466. The first-order chi connectivity index (χ1) is 32.2. The Morgan fingerprint density at radius 2 is 1.09 bits per heavy atom. The summed E-state index contributed by atoms with van der Waals surface area (Å²) in [6.45, 7) is 1.80. The van der Waals surface area contributed by atoms with Gasteiger partial charge in [-0.3, -0.25) is 19.2 Å². The van der Waals surface area contributed by atoms with Crippen LogP contribution in [-0.4, -0.2) is 117 Å². The molecular formula is C44H46BBrCl4N8O10. The molecule has 2 amide bonds. The van der Waals surface area contributed by atoms with E-state index in [-0.39, 0.29) is 29.7 Å². The number of aliphatic carboxylic acids is 2. The van der Waals surface area contributed by atoms with Gasteiger partial charge in [0.05, 0.1) is 36.4 Å². The highest BCUT2D eigenvalue weighted by Gasteiger charge is 2.37. The molecule has 2 aromatic heterocycles. The number of rotatable bonds is 18. The van der Waals surface area contributed by atoms with E-state index in [2.05, 4.69) is 57.4 Å². The first kappa shape index (κ1) is 55.2. The highest BCUT2D eigenvalue weighted by Crippen LogP contribution is 2.32. The monoisotopic (exact) mass is 1080 g/mol. The summed E-state index contributed by atoms with van der Waals surface area (Å²) in [5, 5.41) is 82.4. The molecule has 10 N–H and O–H groups in total. The largest absolute Gasteiger partial charge is 0.490 e. The number of halogens is 5. The van der Waals surface area contributed by atoms with Crippen molar-refractivity contribution in [1.82, 2.24) is 41.5 Å². The lowest BCUT2D eigenvalue weighted by Gasteiger charge is -2.28. The third-order valence-electron chi connectivity index (χ3n) is 10.4. The van der Waals surface area contributed by atoms with Gasteiger partial charge in [-0.15, -0.1) is 0 Å². The summed E-state index contributed by atoms with van der Waals surface area (Å²) in [4.78, 5) is 47.9. The Labute approximate surface area is 418 Å². The Balaban J connectivity index is 0.000000247. The van der Waals surface area contributed by atoms with E-state index in [0.29, 0.717) is 32.9 Å². The molecule has 68 heavy (non-hydrogen) atoms. The van der Waals surface area contributed by atoms with Crippen molar-refractivity contribution in [3.05, 3.63) is 144 Å². The first-order valence-corrected chi connectivity index (χ1v) is 22.6. The molecule has 6 aromatic rings. The van der Waals surface area contributed by atoms with Crippen molar-refractivity contribution in [3.63, 3.8) is 0 Å². The van der Waals surface area contributed by atoms with Gasteiger partial charge in [0.25, 0.3) is 11.8 Å². The van der Waals surface area contributed by atoms with Crippen LogP contribution in [0, 0.1) is 10.8 Å². The predicted octanol–water partition coefficient (Wildman–Crippen LogP) is 5.65. The van der Waals surface area contributed by atoms with E-state index in [1.165, 1.54) is 38.4 Å². The lowest BCUT2D eigenvalue weighted by Crippen LogP contribution is -2.44. The Morgan fingerprint density at radius 1 is 0.662 bits per heavy atom. The molecule has 0 fully saturated rings. The number of nitrogens with zero attached hydrogens (tertiary/aromatic N) is 4. The van der Waals surface area contributed by atoms with Crippen LogP contribution in [0.4, 0.5) is 0 Å². The number of aliphatic hydroxyl groups is 2. The number of H-pyrrole nitrogens is 2. The number of hydrogen-bond acceptors (Lipinski definition) is 12. The lowest BCUT2D eigenvalue weighted by molar-refractivity contribution is -0.152. The Hall–Kier alpha value is -5.42. The van der Waals surface area contributed by atoms with Gasteiger partial charge in [0.2, 0.25) is 0 Å². The van der Waals surface area contributed by atoms with E-state index in [4.69, 9.17) is 56.5 Å². The van der Waals surface area contributed by atoms with Gasteiger partial charge >= 0.3 is 19.1 Å². The summed E-state index contributed by atoms with van der Waals surface area (Å²) < 4.78 is 0.921. The number of carbonyl (C=O) groups excluding carboxylic acids is 2. The average Bonchev–Trinajstić information content (AvgIpc) is 4.06. The van der Waals surface area contributed by atoms with E-state index < -0.39 is 67.0 Å². The summed E-state index contributed by atoms with van der Waals surface area (Å²) in [7, 11) is -1.57. The molecule has 0 saturated carbocycles. The van der Waals surface area contributed by atoms with Crippen LogP contribution in [0.25, 0.3) is 11.1 Å². The smallest absolute Gasteiger partial charge is 0.481 e. The second-order valence-electron chi connectivity index (χ2n) is 15.9. The molecule has 0 aliphatic rings. The first-order valence-electron chi connectivity index (χ1n) is 20.3. The number of carbonyl (C=O) groups is 4. The van der Waals surface area contributed by atoms with Crippen molar-refractivity contribution in [2.75, 3.05) is 13.2 Å². The van der Waals surface area contributed by atoms with E-state index >= 15 is 0 Å². The zero-order valence-corrected chi connectivity index (χ0v) is 40.8. The van der Waals surface area contributed by atoms with Gasteiger partial charge in [0.15, 0.2) is 11.4 Å². The van der Waals surface area contributed by atoms with Gasteiger partial charge in [-0.1, -0.05) is 98.7 Å². The number of nitrogens with one attached hydrogen (secondary N) is 4. The number of benzene rings is 4. The summed E-state index contributed by atoms with van der Waals surface area (Å²) in [5.74, 6) is -3.21. The Kier molecular flexibility index (Phi) is 20.9. The topological polar surface area (TPSA) is 297 Å². The average molecular weight is 1080 g/mol. The van der Waals surface area contributed by atoms with Gasteiger partial charge in [0, 0.05) is 47.7 Å². The molecule has 0 saturated heterocycles. The number of amides is 2. The maximum absolute atomic E-state index is 12.5. The highest BCUT2D eigenvalue weighted by molar-refractivity contribution is 9.10. The molecule has 4 atom stereocenters. The molecule has 24 heteroatoms. The van der Waals surface area contributed by atoms with E-state index in [0.717, 1.165) is 26.7 Å². The van der Waals surface area contributed by atoms with Crippen LogP contribution in [0.2, 0.25) is 20.1 Å². The number of aromatic nitrogens is 6. The van der Waals surface area contributed by atoms with E-state index in [1.807, 2.05) is 48.5 Å². The third kappa shape index (κ3) is 16.4. The fourth-order valence-electron chi connectivity index (χ4n) is 6.46. The maximum Gasteiger partial charge on any atom is 0.490 e. The van der Waals surface area contributed by atoms with Crippen molar-refractivity contribution in [3.8, 4) is 11.1 Å². The minimum absolute atomic E-state index is 0.0182. The Morgan fingerprint density at radius 3 is 1.47 bits per heavy atom. The van der Waals surface area contributed by atoms with Crippen LogP contribution in [0.15, 0.2) is 102 Å². The normalized spacial score (nSPS) is 13.5. The zero-order valence-electron chi connectivity index (χ0n) is 36.2. The van der Waals surface area contributed by atoms with E-state index in [1.54, 1.807) is 24.3 Å². The fraction of sp³-hybridized carbons (Fsp3) is 0.273. The number of carboxylic acid groups (broad SMARTS) is 2. The molecule has 0 unspecified atom stereocenters. The molecule has 0 bridgehead atoms. The number of aliphatic hydroxyl groups excluding tert-OH is 2. The molecule has 0 spiro atoms. The summed E-state index contributed by atoms with van der Waals surface area (Å²) in [6.07, 6.45) is 3.41. The number of aromatic amines is 2. The molecular weight excluding hydrogens is 1030 g/mol. The highest BCUT2D eigenvalue weighted by atomic mass is 79.9. The second kappa shape index (κ2) is 25.8. The molecule has 360 valence electrons.